The quantitative estimate of drug-likeness (QED) is 0.919. The van der Waals surface area contributed by atoms with E-state index in [2.05, 4.69) is 31.4 Å². The third kappa shape index (κ3) is 3.30. The summed E-state index contributed by atoms with van der Waals surface area (Å²) in [4.78, 5) is 4.12. The highest BCUT2D eigenvalue weighted by atomic mass is 79.9. The van der Waals surface area contributed by atoms with Crippen molar-refractivity contribution in [1.29, 1.82) is 0 Å². The lowest BCUT2D eigenvalue weighted by Gasteiger charge is -2.07. The highest BCUT2D eigenvalue weighted by molar-refractivity contribution is 9.10. The Morgan fingerprint density at radius 1 is 1.39 bits per heavy atom. The van der Waals surface area contributed by atoms with Gasteiger partial charge in [0.2, 0.25) is 5.89 Å². The number of aromatic nitrogens is 2. The van der Waals surface area contributed by atoms with Crippen molar-refractivity contribution in [2.75, 3.05) is 7.11 Å². The van der Waals surface area contributed by atoms with Gasteiger partial charge in [-0.1, -0.05) is 21.1 Å². The lowest BCUT2D eigenvalue weighted by atomic mass is 10.2. The first-order valence-corrected chi connectivity index (χ1v) is 6.30. The smallest absolute Gasteiger partial charge is 0.240 e. The highest BCUT2D eigenvalue weighted by Gasteiger charge is 2.04. The summed E-state index contributed by atoms with van der Waals surface area (Å²) < 4.78 is 11.2. The van der Waals surface area contributed by atoms with E-state index < -0.39 is 0 Å². The summed E-state index contributed by atoms with van der Waals surface area (Å²) in [5.41, 5.74) is 1.12. The Balaban J connectivity index is 1.93. The van der Waals surface area contributed by atoms with Crippen molar-refractivity contribution in [2.24, 2.45) is 0 Å². The maximum Gasteiger partial charge on any atom is 0.240 e. The molecule has 96 valence electrons. The molecule has 2 aromatic rings. The van der Waals surface area contributed by atoms with E-state index in [1.165, 1.54) is 0 Å². The molecule has 0 spiro atoms. The van der Waals surface area contributed by atoms with Crippen molar-refractivity contribution in [1.82, 2.24) is 15.5 Å². The largest absolute Gasteiger partial charge is 0.497 e. The van der Waals surface area contributed by atoms with Crippen LogP contribution in [-0.4, -0.2) is 17.3 Å². The van der Waals surface area contributed by atoms with Gasteiger partial charge in [-0.3, -0.25) is 0 Å². The maximum atomic E-state index is 5.19. The predicted octanol–water partition coefficient (Wildman–Crippen LogP) is 2.44. The molecule has 0 unspecified atom stereocenters. The van der Waals surface area contributed by atoms with Crippen LogP contribution in [0.4, 0.5) is 0 Å². The first kappa shape index (κ1) is 13.0. The molecule has 1 N–H and O–H groups in total. The number of hydrogen-bond acceptors (Lipinski definition) is 5. The fourth-order valence-corrected chi connectivity index (χ4v) is 1.92. The number of nitrogens with one attached hydrogen (secondary N) is 1. The molecule has 6 heteroatoms. The fourth-order valence-electron chi connectivity index (χ4n) is 1.53. The maximum absolute atomic E-state index is 5.19. The molecule has 1 heterocycles. The third-order valence-electron chi connectivity index (χ3n) is 2.41. The van der Waals surface area contributed by atoms with Crippen LogP contribution >= 0.6 is 15.9 Å². The second-order valence-corrected chi connectivity index (χ2v) is 4.65. The number of rotatable bonds is 5. The zero-order chi connectivity index (χ0) is 13.0. The average Bonchev–Trinajstić information content (AvgIpc) is 2.77. The van der Waals surface area contributed by atoms with Crippen LogP contribution in [0.2, 0.25) is 0 Å². The number of hydrogen-bond donors (Lipinski definition) is 1. The molecule has 1 aromatic heterocycles. The number of aryl methyl sites for hydroxylation is 1. The van der Waals surface area contributed by atoms with Crippen molar-refractivity contribution in [2.45, 2.75) is 20.0 Å². The number of halogens is 1. The molecule has 0 bridgehead atoms. The predicted molar refractivity (Wildman–Crippen MR) is 70.3 cm³/mol. The van der Waals surface area contributed by atoms with Gasteiger partial charge in [-0.05, 0) is 30.7 Å². The van der Waals surface area contributed by atoms with Gasteiger partial charge in [0.05, 0.1) is 13.7 Å². The zero-order valence-corrected chi connectivity index (χ0v) is 11.8. The minimum Gasteiger partial charge on any atom is -0.497 e. The Morgan fingerprint density at radius 2 is 2.22 bits per heavy atom. The summed E-state index contributed by atoms with van der Waals surface area (Å²) in [5, 5.41) is 6.97. The SMILES string of the molecule is COc1ccc(Br)c(CNCc2nc(C)no2)c1. The Hall–Kier alpha value is -1.40. The Morgan fingerprint density at radius 3 is 2.89 bits per heavy atom. The van der Waals surface area contributed by atoms with Crippen molar-refractivity contribution < 1.29 is 9.26 Å². The van der Waals surface area contributed by atoms with Gasteiger partial charge in [0.15, 0.2) is 5.82 Å². The normalized spacial score (nSPS) is 10.6. The molecule has 0 aliphatic heterocycles. The molecule has 0 aliphatic rings. The molecule has 1 aromatic carbocycles. The van der Waals surface area contributed by atoms with Crippen LogP contribution in [0, 0.1) is 6.92 Å². The Labute approximate surface area is 114 Å². The highest BCUT2D eigenvalue weighted by Crippen LogP contribution is 2.22. The molecule has 0 amide bonds. The molecule has 0 aliphatic carbocycles. The molecular formula is C12H14BrN3O2. The van der Waals surface area contributed by atoms with E-state index in [0.717, 1.165) is 15.8 Å². The molecule has 0 fully saturated rings. The van der Waals surface area contributed by atoms with Gasteiger partial charge in [0.25, 0.3) is 0 Å². The van der Waals surface area contributed by atoms with Crippen LogP contribution in [0.5, 0.6) is 5.75 Å². The average molecular weight is 312 g/mol. The summed E-state index contributed by atoms with van der Waals surface area (Å²) >= 11 is 3.50. The molecule has 0 saturated heterocycles. The summed E-state index contributed by atoms with van der Waals surface area (Å²) in [6.45, 7) is 3.04. The van der Waals surface area contributed by atoms with E-state index in [1.54, 1.807) is 14.0 Å². The number of methoxy groups -OCH3 is 1. The van der Waals surface area contributed by atoms with E-state index in [9.17, 15) is 0 Å². The van der Waals surface area contributed by atoms with Crippen LogP contribution in [0.15, 0.2) is 27.2 Å². The number of ether oxygens (including phenoxy) is 1. The molecule has 5 nitrogen and oxygen atoms in total. The van der Waals surface area contributed by atoms with Crippen molar-refractivity contribution in [3.05, 3.63) is 40.0 Å². The van der Waals surface area contributed by atoms with Gasteiger partial charge >= 0.3 is 0 Å². The monoisotopic (exact) mass is 311 g/mol. The van der Waals surface area contributed by atoms with Crippen molar-refractivity contribution >= 4 is 15.9 Å². The van der Waals surface area contributed by atoms with E-state index in [0.29, 0.717) is 24.8 Å². The van der Waals surface area contributed by atoms with Crippen LogP contribution in [-0.2, 0) is 13.1 Å². The topological polar surface area (TPSA) is 60.2 Å². The summed E-state index contributed by atoms with van der Waals surface area (Å²) in [6, 6.07) is 5.86. The van der Waals surface area contributed by atoms with Crippen molar-refractivity contribution in [3.8, 4) is 5.75 Å². The molecule has 0 atom stereocenters. The lowest BCUT2D eigenvalue weighted by Crippen LogP contribution is -2.13. The summed E-state index contributed by atoms with van der Waals surface area (Å²) in [5.74, 6) is 2.07. The molecular weight excluding hydrogens is 298 g/mol. The van der Waals surface area contributed by atoms with Gasteiger partial charge < -0.3 is 14.6 Å². The van der Waals surface area contributed by atoms with E-state index >= 15 is 0 Å². The number of benzene rings is 1. The standard InChI is InChI=1S/C12H14BrN3O2/c1-8-15-12(18-16-8)7-14-6-9-5-10(17-2)3-4-11(9)13/h3-5,14H,6-7H2,1-2H3. The second kappa shape index (κ2) is 5.97. The minimum atomic E-state index is 0.546. The van der Waals surface area contributed by atoms with Gasteiger partial charge in [-0.2, -0.15) is 4.98 Å². The first-order valence-electron chi connectivity index (χ1n) is 5.51. The fraction of sp³-hybridized carbons (Fsp3) is 0.333. The van der Waals surface area contributed by atoms with Crippen molar-refractivity contribution in [3.63, 3.8) is 0 Å². The van der Waals surface area contributed by atoms with Crippen LogP contribution in [0.3, 0.4) is 0 Å². The third-order valence-corrected chi connectivity index (χ3v) is 3.19. The van der Waals surface area contributed by atoms with E-state index in [-0.39, 0.29) is 0 Å². The molecule has 18 heavy (non-hydrogen) atoms. The second-order valence-electron chi connectivity index (χ2n) is 3.80. The minimum absolute atomic E-state index is 0.546. The van der Waals surface area contributed by atoms with Crippen LogP contribution in [0.25, 0.3) is 0 Å². The van der Waals surface area contributed by atoms with Gasteiger partial charge in [0.1, 0.15) is 5.75 Å². The summed E-state index contributed by atoms with van der Waals surface area (Å²) in [6.07, 6.45) is 0. The van der Waals surface area contributed by atoms with E-state index in [1.807, 2.05) is 18.2 Å². The Bertz CT molecular complexity index is 528. The van der Waals surface area contributed by atoms with Gasteiger partial charge in [0, 0.05) is 11.0 Å². The Kier molecular flexibility index (Phi) is 4.33. The lowest BCUT2D eigenvalue weighted by molar-refractivity contribution is 0.364. The van der Waals surface area contributed by atoms with Crippen LogP contribution in [0.1, 0.15) is 17.3 Å². The molecule has 0 radical (unpaired) electrons. The van der Waals surface area contributed by atoms with Gasteiger partial charge in [-0.15, -0.1) is 0 Å². The molecule has 0 saturated carbocycles. The number of nitrogens with zero attached hydrogens (tertiary/aromatic N) is 2. The van der Waals surface area contributed by atoms with E-state index in [4.69, 9.17) is 9.26 Å². The van der Waals surface area contributed by atoms with Crippen LogP contribution < -0.4 is 10.1 Å². The van der Waals surface area contributed by atoms with Gasteiger partial charge in [-0.25, -0.2) is 0 Å². The molecule has 2 rings (SSSR count). The zero-order valence-electron chi connectivity index (χ0n) is 10.2. The summed E-state index contributed by atoms with van der Waals surface area (Å²) in [7, 11) is 1.65. The first-order chi connectivity index (χ1) is 8.69.